The van der Waals surface area contributed by atoms with Gasteiger partial charge in [-0.25, -0.2) is 4.98 Å². The summed E-state index contributed by atoms with van der Waals surface area (Å²) in [4.78, 5) is 28.4. The zero-order valence-electron chi connectivity index (χ0n) is 18.8. The second-order valence-corrected chi connectivity index (χ2v) is 7.13. The van der Waals surface area contributed by atoms with Crippen molar-refractivity contribution in [2.24, 2.45) is 0 Å². The maximum Gasteiger partial charge on any atom is 0.417 e. The monoisotopic (exact) mass is 489 g/mol. The quantitative estimate of drug-likeness (QED) is 0.443. The van der Waals surface area contributed by atoms with Crippen LogP contribution in [0.3, 0.4) is 0 Å². The molecule has 0 bridgehead atoms. The van der Waals surface area contributed by atoms with Gasteiger partial charge in [0.05, 0.1) is 19.3 Å². The lowest BCUT2D eigenvalue weighted by Crippen LogP contribution is -2.41. The van der Waals surface area contributed by atoms with Gasteiger partial charge in [-0.2, -0.15) is 13.2 Å². The molecule has 0 unspecified atom stereocenters. The van der Waals surface area contributed by atoms with E-state index in [0.29, 0.717) is 24.3 Å². The van der Waals surface area contributed by atoms with Gasteiger partial charge in [0.25, 0.3) is 11.8 Å². The van der Waals surface area contributed by atoms with E-state index in [-0.39, 0.29) is 22.8 Å². The van der Waals surface area contributed by atoms with Crippen LogP contribution in [0, 0.1) is 0 Å². The summed E-state index contributed by atoms with van der Waals surface area (Å²) in [5.41, 5.74) is 4.18. The van der Waals surface area contributed by atoms with Gasteiger partial charge in [0, 0.05) is 23.4 Å². The summed E-state index contributed by atoms with van der Waals surface area (Å²) in [7, 11) is 1.46. The van der Waals surface area contributed by atoms with Crippen LogP contribution < -0.4 is 25.1 Å². The summed E-state index contributed by atoms with van der Waals surface area (Å²) in [6.07, 6.45) is -3.01. The van der Waals surface area contributed by atoms with Crippen LogP contribution in [-0.4, -0.2) is 30.5 Å². The lowest BCUT2D eigenvalue weighted by atomic mass is 10.2. The van der Waals surface area contributed by atoms with Crippen molar-refractivity contribution in [3.8, 4) is 23.1 Å². The highest BCUT2D eigenvalue weighted by Crippen LogP contribution is 2.30. The Hall–Kier alpha value is -4.28. The van der Waals surface area contributed by atoms with Crippen molar-refractivity contribution in [2.45, 2.75) is 19.5 Å². The van der Waals surface area contributed by atoms with E-state index < -0.39 is 23.6 Å². The minimum atomic E-state index is -4.49. The van der Waals surface area contributed by atoms with Crippen molar-refractivity contribution in [3.05, 3.63) is 77.5 Å². The molecule has 3 rings (SSSR count). The fourth-order valence-electron chi connectivity index (χ4n) is 2.80. The van der Waals surface area contributed by atoms with E-state index in [1.807, 2.05) is 6.92 Å². The summed E-state index contributed by atoms with van der Waals surface area (Å²) in [6, 6.07) is 12.3. The molecule has 0 saturated carbocycles. The van der Waals surface area contributed by atoms with Gasteiger partial charge in [0.1, 0.15) is 5.75 Å². The number of rotatable bonds is 8. The van der Waals surface area contributed by atoms with Gasteiger partial charge < -0.3 is 14.2 Å². The van der Waals surface area contributed by atoms with Crippen LogP contribution in [0.4, 0.5) is 13.2 Å². The number of methoxy groups -OCH3 is 1. The number of ether oxygens (including phenoxy) is 3. The Morgan fingerprint density at radius 3 is 2.14 bits per heavy atom. The third kappa shape index (κ3) is 6.85. The van der Waals surface area contributed by atoms with Crippen molar-refractivity contribution in [1.29, 1.82) is 0 Å². The maximum atomic E-state index is 12.6. The summed E-state index contributed by atoms with van der Waals surface area (Å²) < 4.78 is 54.0. The topological polar surface area (TPSA) is 98.8 Å². The van der Waals surface area contributed by atoms with Gasteiger partial charge in [-0.15, -0.1) is 0 Å². The number of benzene rings is 2. The maximum absolute atomic E-state index is 12.6. The molecule has 0 aliphatic rings. The predicted molar refractivity (Wildman–Crippen MR) is 119 cm³/mol. The predicted octanol–water partition coefficient (Wildman–Crippen LogP) is 4.76. The zero-order chi connectivity index (χ0) is 25.4. The molecule has 0 atom stereocenters. The first-order valence-electron chi connectivity index (χ1n) is 10.4. The molecule has 0 saturated heterocycles. The molecule has 1 heterocycles. The van der Waals surface area contributed by atoms with Crippen LogP contribution in [0.5, 0.6) is 23.1 Å². The Kier molecular flexibility index (Phi) is 8.13. The highest BCUT2D eigenvalue weighted by Gasteiger charge is 2.30. The summed E-state index contributed by atoms with van der Waals surface area (Å²) in [5, 5.41) is 0. The van der Waals surface area contributed by atoms with E-state index in [2.05, 4.69) is 15.8 Å². The van der Waals surface area contributed by atoms with E-state index in [1.165, 1.54) is 43.5 Å². The Bertz CT molecular complexity index is 1170. The minimum Gasteiger partial charge on any atom is -0.493 e. The SMILES string of the molecule is CCCOc1ccc(C(=O)NNC(=O)c2ccc(Oc3ccc(C(F)(F)F)cn3)cc2)cc1OC. The number of nitrogens with zero attached hydrogens (tertiary/aromatic N) is 1. The van der Waals surface area contributed by atoms with Crippen LogP contribution in [0.1, 0.15) is 39.6 Å². The van der Waals surface area contributed by atoms with Gasteiger partial charge in [-0.05, 0) is 55.0 Å². The molecule has 0 fully saturated rings. The van der Waals surface area contributed by atoms with Crippen molar-refractivity contribution < 1.29 is 37.0 Å². The van der Waals surface area contributed by atoms with Crippen molar-refractivity contribution >= 4 is 11.8 Å². The third-order valence-corrected chi connectivity index (χ3v) is 4.58. The van der Waals surface area contributed by atoms with E-state index >= 15 is 0 Å². The highest BCUT2D eigenvalue weighted by molar-refractivity contribution is 5.99. The molecule has 8 nitrogen and oxygen atoms in total. The summed E-state index contributed by atoms with van der Waals surface area (Å²) in [6.45, 7) is 2.47. The second kappa shape index (κ2) is 11.2. The molecule has 2 amide bonds. The molecule has 0 aliphatic heterocycles. The molecule has 11 heteroatoms. The number of alkyl halides is 3. The molecule has 0 aliphatic carbocycles. The molecule has 1 aromatic heterocycles. The normalized spacial score (nSPS) is 10.9. The third-order valence-electron chi connectivity index (χ3n) is 4.58. The Balaban J connectivity index is 1.56. The molecule has 0 spiro atoms. The molecule has 184 valence electrons. The van der Waals surface area contributed by atoms with Crippen LogP contribution in [0.15, 0.2) is 60.8 Å². The Morgan fingerprint density at radius 1 is 0.914 bits per heavy atom. The van der Waals surface area contributed by atoms with Gasteiger partial charge >= 0.3 is 6.18 Å². The summed E-state index contributed by atoms with van der Waals surface area (Å²) >= 11 is 0. The number of aromatic nitrogens is 1. The first kappa shape index (κ1) is 25.3. The van der Waals surface area contributed by atoms with E-state index in [4.69, 9.17) is 14.2 Å². The molecule has 0 radical (unpaired) electrons. The van der Waals surface area contributed by atoms with Crippen molar-refractivity contribution in [2.75, 3.05) is 13.7 Å². The van der Waals surface area contributed by atoms with Crippen LogP contribution in [0.25, 0.3) is 0 Å². The number of hydrazine groups is 1. The number of halogens is 3. The second-order valence-electron chi connectivity index (χ2n) is 7.13. The largest absolute Gasteiger partial charge is 0.493 e. The fraction of sp³-hybridized carbons (Fsp3) is 0.208. The smallest absolute Gasteiger partial charge is 0.417 e. The number of amides is 2. The van der Waals surface area contributed by atoms with Gasteiger partial charge in [0.2, 0.25) is 5.88 Å². The number of hydrogen-bond donors (Lipinski definition) is 2. The molecule has 2 aromatic carbocycles. The van der Waals surface area contributed by atoms with Crippen LogP contribution in [0.2, 0.25) is 0 Å². The van der Waals surface area contributed by atoms with E-state index in [9.17, 15) is 22.8 Å². The Labute approximate surface area is 199 Å². The molecule has 2 N–H and O–H groups in total. The number of carbonyl (C=O) groups excluding carboxylic acids is 2. The number of pyridine rings is 1. The van der Waals surface area contributed by atoms with Crippen molar-refractivity contribution in [1.82, 2.24) is 15.8 Å². The van der Waals surface area contributed by atoms with Crippen molar-refractivity contribution in [3.63, 3.8) is 0 Å². The molecule has 35 heavy (non-hydrogen) atoms. The average molecular weight is 489 g/mol. The fourth-order valence-corrected chi connectivity index (χ4v) is 2.80. The first-order valence-corrected chi connectivity index (χ1v) is 10.4. The number of hydrogen-bond acceptors (Lipinski definition) is 6. The molecular weight excluding hydrogens is 467 g/mol. The minimum absolute atomic E-state index is 0.0380. The van der Waals surface area contributed by atoms with Gasteiger partial charge in [-0.1, -0.05) is 6.92 Å². The highest BCUT2D eigenvalue weighted by atomic mass is 19.4. The van der Waals surface area contributed by atoms with Crippen LogP contribution in [-0.2, 0) is 6.18 Å². The first-order chi connectivity index (χ1) is 16.7. The van der Waals surface area contributed by atoms with E-state index in [0.717, 1.165) is 18.6 Å². The molecular formula is C24H22F3N3O5. The van der Waals surface area contributed by atoms with E-state index in [1.54, 1.807) is 6.07 Å². The number of nitrogens with one attached hydrogen (secondary N) is 2. The van der Waals surface area contributed by atoms with Gasteiger partial charge in [-0.3, -0.25) is 20.4 Å². The standard InChI is InChI=1S/C24H22F3N3O5/c1-3-12-34-19-10-6-16(13-20(19)33-2)23(32)30-29-22(31)15-4-8-18(9-5-15)35-21-11-7-17(14-28-21)24(25,26)27/h4-11,13-14H,3,12H2,1-2H3,(H,29,31)(H,30,32). The Morgan fingerprint density at radius 2 is 1.57 bits per heavy atom. The average Bonchev–Trinajstić information content (AvgIpc) is 2.86. The van der Waals surface area contributed by atoms with Crippen LogP contribution >= 0.6 is 0 Å². The lowest BCUT2D eigenvalue weighted by Gasteiger charge is -2.12. The van der Waals surface area contributed by atoms with Gasteiger partial charge in [0.15, 0.2) is 11.5 Å². The summed E-state index contributed by atoms with van der Waals surface area (Å²) in [5.74, 6) is -0.0435. The number of carbonyl (C=O) groups is 2. The lowest BCUT2D eigenvalue weighted by molar-refractivity contribution is -0.137. The molecule has 3 aromatic rings. The zero-order valence-corrected chi connectivity index (χ0v) is 18.8.